The molecule has 1 saturated heterocycles. The number of hydrogen-bond acceptors (Lipinski definition) is 3. The number of carbonyl (C=O) groups is 1. The van der Waals surface area contributed by atoms with E-state index in [9.17, 15) is 4.79 Å². The average Bonchev–Trinajstić information content (AvgIpc) is 3.05. The zero-order valence-electron chi connectivity index (χ0n) is 13.9. The van der Waals surface area contributed by atoms with Crippen LogP contribution in [0, 0.1) is 6.92 Å². The molecule has 0 N–H and O–H groups in total. The van der Waals surface area contributed by atoms with Gasteiger partial charge in [-0.25, -0.2) is 0 Å². The van der Waals surface area contributed by atoms with Gasteiger partial charge in [0, 0.05) is 45.5 Å². The average molecular weight is 312 g/mol. The van der Waals surface area contributed by atoms with Gasteiger partial charge in [0.05, 0.1) is 0 Å². The summed E-state index contributed by atoms with van der Waals surface area (Å²) in [6, 6.07) is 10.3. The number of carbonyl (C=O) groups excluding carboxylic acids is 1. The standard InChI is InChI=1S/C18H24N4O/c1-3-22-17(8-9-19-22)18(23)21-12-10-20(11-13-21)14-16-7-5-4-6-15(16)2/h4-9H,3,10-14H2,1-2H3. The Morgan fingerprint density at radius 3 is 2.57 bits per heavy atom. The molecule has 1 amide bonds. The lowest BCUT2D eigenvalue weighted by Crippen LogP contribution is -2.48. The maximum Gasteiger partial charge on any atom is 0.272 e. The number of amides is 1. The topological polar surface area (TPSA) is 41.4 Å². The zero-order valence-corrected chi connectivity index (χ0v) is 13.9. The summed E-state index contributed by atoms with van der Waals surface area (Å²) >= 11 is 0. The highest BCUT2D eigenvalue weighted by molar-refractivity contribution is 5.92. The minimum Gasteiger partial charge on any atom is -0.335 e. The first-order valence-electron chi connectivity index (χ1n) is 8.27. The van der Waals surface area contributed by atoms with E-state index >= 15 is 0 Å². The molecule has 1 aliphatic rings. The summed E-state index contributed by atoms with van der Waals surface area (Å²) in [5, 5.41) is 4.19. The van der Waals surface area contributed by atoms with Crippen molar-refractivity contribution in [3.63, 3.8) is 0 Å². The van der Waals surface area contributed by atoms with E-state index < -0.39 is 0 Å². The summed E-state index contributed by atoms with van der Waals surface area (Å²) in [7, 11) is 0. The number of hydrogen-bond donors (Lipinski definition) is 0. The van der Waals surface area contributed by atoms with Gasteiger partial charge in [-0.15, -0.1) is 0 Å². The van der Waals surface area contributed by atoms with E-state index in [-0.39, 0.29) is 5.91 Å². The molecule has 5 nitrogen and oxygen atoms in total. The summed E-state index contributed by atoms with van der Waals surface area (Å²) in [6.45, 7) is 9.23. The fourth-order valence-electron chi connectivity index (χ4n) is 3.07. The van der Waals surface area contributed by atoms with E-state index in [1.807, 2.05) is 17.9 Å². The second-order valence-electron chi connectivity index (χ2n) is 6.03. The van der Waals surface area contributed by atoms with Crippen LogP contribution >= 0.6 is 0 Å². The largest absolute Gasteiger partial charge is 0.335 e. The van der Waals surface area contributed by atoms with Crippen LogP contribution in [-0.4, -0.2) is 51.7 Å². The zero-order chi connectivity index (χ0) is 16.2. The number of piperazine rings is 1. The molecule has 122 valence electrons. The highest BCUT2D eigenvalue weighted by Gasteiger charge is 2.24. The van der Waals surface area contributed by atoms with Crippen molar-refractivity contribution in [3.8, 4) is 0 Å². The van der Waals surface area contributed by atoms with Crippen molar-refractivity contribution in [2.24, 2.45) is 0 Å². The third-order valence-electron chi connectivity index (χ3n) is 4.55. The van der Waals surface area contributed by atoms with E-state index in [0.29, 0.717) is 5.69 Å². The first kappa shape index (κ1) is 15.7. The van der Waals surface area contributed by atoms with Crippen LogP contribution in [0.4, 0.5) is 0 Å². The lowest BCUT2D eigenvalue weighted by Gasteiger charge is -2.35. The van der Waals surface area contributed by atoms with Gasteiger partial charge in [-0.1, -0.05) is 24.3 Å². The minimum absolute atomic E-state index is 0.0971. The first-order chi connectivity index (χ1) is 11.2. The molecule has 0 atom stereocenters. The Labute approximate surface area is 137 Å². The molecule has 0 bridgehead atoms. The highest BCUT2D eigenvalue weighted by atomic mass is 16.2. The van der Waals surface area contributed by atoms with E-state index in [1.54, 1.807) is 10.9 Å². The SMILES string of the molecule is CCn1nccc1C(=O)N1CCN(Cc2ccccc2C)CC1. The van der Waals surface area contributed by atoms with Gasteiger partial charge in [0.15, 0.2) is 0 Å². The number of rotatable bonds is 4. The van der Waals surface area contributed by atoms with Crippen LogP contribution in [0.2, 0.25) is 0 Å². The van der Waals surface area contributed by atoms with E-state index in [2.05, 4.69) is 41.2 Å². The molecule has 2 heterocycles. The smallest absolute Gasteiger partial charge is 0.272 e. The molecule has 0 radical (unpaired) electrons. The van der Waals surface area contributed by atoms with Gasteiger partial charge < -0.3 is 4.90 Å². The molecule has 2 aromatic rings. The van der Waals surface area contributed by atoms with Crippen LogP contribution in [0.5, 0.6) is 0 Å². The van der Waals surface area contributed by atoms with Crippen LogP contribution in [0.1, 0.15) is 28.5 Å². The van der Waals surface area contributed by atoms with Gasteiger partial charge in [-0.05, 0) is 31.0 Å². The van der Waals surface area contributed by atoms with Crippen molar-refractivity contribution in [3.05, 3.63) is 53.3 Å². The van der Waals surface area contributed by atoms with Crippen molar-refractivity contribution < 1.29 is 4.79 Å². The maximum absolute atomic E-state index is 12.6. The molecule has 0 unspecified atom stereocenters. The van der Waals surface area contributed by atoms with Crippen molar-refractivity contribution >= 4 is 5.91 Å². The summed E-state index contributed by atoms with van der Waals surface area (Å²) in [4.78, 5) is 17.0. The molecule has 5 heteroatoms. The Morgan fingerprint density at radius 2 is 1.87 bits per heavy atom. The minimum atomic E-state index is 0.0971. The summed E-state index contributed by atoms with van der Waals surface area (Å²) in [5.41, 5.74) is 3.40. The summed E-state index contributed by atoms with van der Waals surface area (Å²) in [5.74, 6) is 0.0971. The Hall–Kier alpha value is -2.14. The van der Waals surface area contributed by atoms with Gasteiger partial charge in [-0.2, -0.15) is 5.10 Å². The molecule has 23 heavy (non-hydrogen) atoms. The second-order valence-corrected chi connectivity index (χ2v) is 6.03. The Morgan fingerprint density at radius 1 is 1.13 bits per heavy atom. The van der Waals surface area contributed by atoms with Crippen molar-refractivity contribution in [1.29, 1.82) is 0 Å². The molecule has 1 aromatic heterocycles. The quantitative estimate of drug-likeness (QED) is 0.869. The predicted molar refractivity (Wildman–Crippen MR) is 90.3 cm³/mol. The van der Waals surface area contributed by atoms with Crippen LogP contribution in [0.25, 0.3) is 0 Å². The fraction of sp³-hybridized carbons (Fsp3) is 0.444. The Bertz CT molecular complexity index is 671. The summed E-state index contributed by atoms with van der Waals surface area (Å²) < 4.78 is 1.77. The third kappa shape index (κ3) is 3.45. The van der Waals surface area contributed by atoms with Crippen molar-refractivity contribution in [2.75, 3.05) is 26.2 Å². The van der Waals surface area contributed by atoms with Crippen LogP contribution < -0.4 is 0 Å². The Kier molecular flexibility index (Phi) is 4.76. The molecule has 1 aliphatic heterocycles. The molecule has 3 rings (SSSR count). The van der Waals surface area contributed by atoms with Gasteiger partial charge >= 0.3 is 0 Å². The molecular weight excluding hydrogens is 288 g/mol. The number of benzene rings is 1. The molecule has 0 saturated carbocycles. The second kappa shape index (κ2) is 6.96. The van der Waals surface area contributed by atoms with Gasteiger partial charge in [0.1, 0.15) is 5.69 Å². The van der Waals surface area contributed by atoms with Gasteiger partial charge in [-0.3, -0.25) is 14.4 Å². The predicted octanol–water partition coefficient (Wildman–Crippen LogP) is 2.17. The third-order valence-corrected chi connectivity index (χ3v) is 4.55. The number of aromatic nitrogens is 2. The maximum atomic E-state index is 12.6. The number of nitrogens with zero attached hydrogens (tertiary/aromatic N) is 4. The Balaban J connectivity index is 1.58. The van der Waals surface area contributed by atoms with E-state index in [0.717, 1.165) is 39.3 Å². The van der Waals surface area contributed by atoms with E-state index in [4.69, 9.17) is 0 Å². The molecule has 1 aromatic carbocycles. The molecule has 0 spiro atoms. The van der Waals surface area contributed by atoms with Crippen LogP contribution in [0.3, 0.4) is 0 Å². The lowest BCUT2D eigenvalue weighted by atomic mass is 10.1. The van der Waals surface area contributed by atoms with Crippen LogP contribution in [-0.2, 0) is 13.1 Å². The van der Waals surface area contributed by atoms with Crippen molar-refractivity contribution in [1.82, 2.24) is 19.6 Å². The first-order valence-corrected chi connectivity index (χ1v) is 8.27. The van der Waals surface area contributed by atoms with Crippen molar-refractivity contribution in [2.45, 2.75) is 26.9 Å². The van der Waals surface area contributed by atoms with Crippen LogP contribution in [0.15, 0.2) is 36.5 Å². The van der Waals surface area contributed by atoms with E-state index in [1.165, 1.54) is 11.1 Å². The highest BCUT2D eigenvalue weighted by Crippen LogP contribution is 2.14. The molecule has 1 fully saturated rings. The molecule has 0 aliphatic carbocycles. The van der Waals surface area contributed by atoms with Gasteiger partial charge in [0.25, 0.3) is 5.91 Å². The monoisotopic (exact) mass is 312 g/mol. The van der Waals surface area contributed by atoms with Gasteiger partial charge in [0.2, 0.25) is 0 Å². The summed E-state index contributed by atoms with van der Waals surface area (Å²) in [6.07, 6.45) is 1.70. The fourth-order valence-corrected chi connectivity index (χ4v) is 3.07. The number of aryl methyl sites for hydroxylation is 2. The lowest BCUT2D eigenvalue weighted by molar-refractivity contribution is 0.0616. The normalized spacial score (nSPS) is 15.8. The molecular formula is C18H24N4O.